The second-order valence-electron chi connectivity index (χ2n) is 6.32. The second kappa shape index (κ2) is 6.64. The Balaban J connectivity index is 1.97. The Kier molecular flexibility index (Phi) is 4.60. The Morgan fingerprint density at radius 2 is 1.50 bits per heavy atom. The largest absolute Gasteiger partial charge is 0.393 e. The van der Waals surface area contributed by atoms with E-state index in [0.717, 1.165) is 12.8 Å². The average Bonchev–Trinajstić information content (AvgIpc) is 2.57. The maximum Gasteiger partial charge on any atom is 0.0604 e. The first-order valence-corrected chi connectivity index (χ1v) is 8.22. The maximum atomic E-state index is 10.7. The van der Waals surface area contributed by atoms with Crippen LogP contribution in [0.4, 0.5) is 0 Å². The number of aliphatic hydroxyl groups excluding tert-OH is 1. The number of likely N-dealkylation sites (tertiary alicyclic amines) is 1. The molecule has 1 fully saturated rings. The van der Waals surface area contributed by atoms with Crippen molar-refractivity contribution in [1.82, 2.24) is 4.90 Å². The monoisotopic (exact) mass is 295 g/mol. The summed E-state index contributed by atoms with van der Waals surface area (Å²) in [7, 11) is 2.20. The lowest BCUT2D eigenvalue weighted by Gasteiger charge is -2.47. The van der Waals surface area contributed by atoms with Crippen LogP contribution in [0.25, 0.3) is 0 Å². The van der Waals surface area contributed by atoms with Gasteiger partial charge in [-0.3, -0.25) is 4.90 Å². The number of aliphatic hydroxyl groups is 1. The molecule has 1 aliphatic rings. The molecule has 4 atom stereocenters. The summed E-state index contributed by atoms with van der Waals surface area (Å²) in [6, 6.07) is 21.7. The van der Waals surface area contributed by atoms with Crippen molar-refractivity contribution in [2.24, 2.45) is 5.92 Å². The average molecular weight is 295 g/mol. The summed E-state index contributed by atoms with van der Waals surface area (Å²) in [4.78, 5) is 2.45. The Labute approximate surface area is 133 Å². The van der Waals surface area contributed by atoms with Gasteiger partial charge in [0.15, 0.2) is 0 Å². The van der Waals surface area contributed by atoms with Gasteiger partial charge in [-0.25, -0.2) is 0 Å². The van der Waals surface area contributed by atoms with E-state index in [4.69, 9.17) is 0 Å². The van der Waals surface area contributed by atoms with Gasteiger partial charge < -0.3 is 5.11 Å². The van der Waals surface area contributed by atoms with Crippen LogP contribution in [0.2, 0.25) is 0 Å². The van der Waals surface area contributed by atoms with Crippen molar-refractivity contribution >= 4 is 0 Å². The molecular formula is C20H25NO. The third-order valence-electron chi connectivity index (χ3n) is 5.09. The molecule has 2 aromatic rings. The molecule has 116 valence electrons. The van der Waals surface area contributed by atoms with Gasteiger partial charge in [0, 0.05) is 18.0 Å². The molecule has 2 nitrogen and oxygen atoms in total. The molecule has 0 radical (unpaired) electrons. The quantitative estimate of drug-likeness (QED) is 0.917. The van der Waals surface area contributed by atoms with Crippen molar-refractivity contribution in [2.75, 3.05) is 7.05 Å². The summed E-state index contributed by atoms with van der Waals surface area (Å²) < 4.78 is 0. The number of hydrogen-bond acceptors (Lipinski definition) is 2. The minimum atomic E-state index is -0.253. The summed E-state index contributed by atoms with van der Waals surface area (Å²) in [5, 5.41) is 10.7. The number of hydrogen-bond donors (Lipinski definition) is 1. The zero-order chi connectivity index (χ0) is 15.5. The van der Waals surface area contributed by atoms with Crippen LogP contribution in [-0.4, -0.2) is 23.2 Å². The van der Waals surface area contributed by atoms with Gasteiger partial charge in [-0.05, 0) is 31.0 Å². The number of rotatable bonds is 3. The van der Waals surface area contributed by atoms with E-state index in [1.165, 1.54) is 11.1 Å². The summed E-state index contributed by atoms with van der Waals surface area (Å²) in [5.41, 5.74) is 2.59. The van der Waals surface area contributed by atoms with Crippen molar-refractivity contribution in [3.63, 3.8) is 0 Å². The van der Waals surface area contributed by atoms with Gasteiger partial charge >= 0.3 is 0 Å². The lowest BCUT2D eigenvalue weighted by atomic mass is 9.77. The fourth-order valence-corrected chi connectivity index (χ4v) is 3.95. The SMILES string of the molecule is CC[C@@H]1[C@@H](c2ccccc2)N(C)[C@@H](c2ccccc2)C[C@@H]1O. The smallest absolute Gasteiger partial charge is 0.0604 e. The molecule has 1 N–H and O–H groups in total. The minimum absolute atomic E-state index is 0.253. The van der Waals surface area contributed by atoms with Crippen molar-refractivity contribution in [2.45, 2.75) is 38.0 Å². The predicted octanol–water partition coefficient (Wildman–Crippen LogP) is 4.19. The fraction of sp³-hybridized carbons (Fsp3) is 0.400. The molecular weight excluding hydrogens is 270 g/mol. The first-order valence-electron chi connectivity index (χ1n) is 8.22. The third-order valence-corrected chi connectivity index (χ3v) is 5.09. The van der Waals surface area contributed by atoms with E-state index >= 15 is 0 Å². The van der Waals surface area contributed by atoms with Gasteiger partial charge in [-0.1, -0.05) is 67.6 Å². The first kappa shape index (κ1) is 15.3. The molecule has 1 saturated heterocycles. The van der Waals surface area contributed by atoms with E-state index in [1.54, 1.807) is 0 Å². The Bertz CT molecular complexity index is 583. The molecule has 0 bridgehead atoms. The molecule has 0 aliphatic carbocycles. The molecule has 0 unspecified atom stereocenters. The number of piperidine rings is 1. The van der Waals surface area contributed by atoms with Crippen LogP contribution in [-0.2, 0) is 0 Å². The van der Waals surface area contributed by atoms with E-state index < -0.39 is 0 Å². The molecule has 0 spiro atoms. The van der Waals surface area contributed by atoms with Crippen LogP contribution in [0.1, 0.15) is 43.0 Å². The summed E-state index contributed by atoms with van der Waals surface area (Å²) >= 11 is 0. The maximum absolute atomic E-state index is 10.7. The Morgan fingerprint density at radius 1 is 0.955 bits per heavy atom. The normalized spacial score (nSPS) is 29.4. The number of nitrogens with zero attached hydrogens (tertiary/aromatic N) is 1. The second-order valence-corrected chi connectivity index (χ2v) is 6.32. The van der Waals surface area contributed by atoms with E-state index in [0.29, 0.717) is 0 Å². The predicted molar refractivity (Wildman–Crippen MR) is 90.5 cm³/mol. The van der Waals surface area contributed by atoms with Crippen molar-refractivity contribution in [1.29, 1.82) is 0 Å². The molecule has 2 heteroatoms. The zero-order valence-electron chi connectivity index (χ0n) is 13.4. The van der Waals surface area contributed by atoms with E-state index in [-0.39, 0.29) is 24.1 Å². The fourth-order valence-electron chi connectivity index (χ4n) is 3.95. The topological polar surface area (TPSA) is 23.5 Å². The lowest BCUT2D eigenvalue weighted by Crippen LogP contribution is -2.45. The van der Waals surface area contributed by atoms with Crippen LogP contribution in [0, 0.1) is 5.92 Å². The van der Waals surface area contributed by atoms with E-state index in [2.05, 4.69) is 73.5 Å². The molecule has 0 amide bonds. The highest BCUT2D eigenvalue weighted by Gasteiger charge is 2.40. The molecule has 1 heterocycles. The summed E-state index contributed by atoms with van der Waals surface area (Å²) in [6.45, 7) is 2.18. The van der Waals surface area contributed by atoms with Gasteiger partial charge in [0.2, 0.25) is 0 Å². The van der Waals surface area contributed by atoms with Crippen molar-refractivity contribution in [3.8, 4) is 0 Å². The van der Waals surface area contributed by atoms with Crippen molar-refractivity contribution in [3.05, 3.63) is 71.8 Å². The van der Waals surface area contributed by atoms with Crippen LogP contribution in [0.3, 0.4) is 0 Å². The van der Waals surface area contributed by atoms with Gasteiger partial charge in [0.05, 0.1) is 6.10 Å². The molecule has 1 aliphatic heterocycles. The van der Waals surface area contributed by atoms with Crippen LogP contribution in [0.5, 0.6) is 0 Å². The zero-order valence-corrected chi connectivity index (χ0v) is 13.4. The Morgan fingerprint density at radius 3 is 2.05 bits per heavy atom. The molecule has 22 heavy (non-hydrogen) atoms. The summed E-state index contributed by atoms with van der Waals surface area (Å²) in [5.74, 6) is 0.285. The lowest BCUT2D eigenvalue weighted by molar-refractivity contribution is -0.0418. The van der Waals surface area contributed by atoms with Gasteiger partial charge in [-0.15, -0.1) is 0 Å². The van der Waals surface area contributed by atoms with Crippen LogP contribution in [0.15, 0.2) is 60.7 Å². The van der Waals surface area contributed by atoms with Gasteiger partial charge in [0.25, 0.3) is 0 Å². The number of benzene rings is 2. The molecule has 0 saturated carbocycles. The van der Waals surface area contributed by atoms with Gasteiger partial charge in [0.1, 0.15) is 0 Å². The standard InChI is InChI=1S/C20H25NO/c1-3-17-19(22)14-18(15-10-6-4-7-11-15)21(2)20(17)16-12-8-5-9-13-16/h4-13,17-20,22H,3,14H2,1-2H3/t17-,18+,19-,20+/m0/s1. The summed E-state index contributed by atoms with van der Waals surface area (Å²) in [6.07, 6.45) is 1.55. The highest BCUT2D eigenvalue weighted by atomic mass is 16.3. The van der Waals surface area contributed by atoms with Crippen molar-refractivity contribution < 1.29 is 5.11 Å². The van der Waals surface area contributed by atoms with E-state index in [1.807, 2.05) is 6.07 Å². The first-order chi connectivity index (χ1) is 10.7. The molecule has 2 aromatic carbocycles. The third kappa shape index (κ3) is 2.81. The van der Waals surface area contributed by atoms with Crippen LogP contribution >= 0.6 is 0 Å². The molecule has 0 aromatic heterocycles. The van der Waals surface area contributed by atoms with E-state index in [9.17, 15) is 5.11 Å². The Hall–Kier alpha value is -1.64. The molecule has 3 rings (SSSR count). The van der Waals surface area contributed by atoms with Crippen LogP contribution < -0.4 is 0 Å². The minimum Gasteiger partial charge on any atom is -0.393 e. The highest BCUT2D eigenvalue weighted by molar-refractivity contribution is 5.25. The highest BCUT2D eigenvalue weighted by Crippen LogP contribution is 2.45. The van der Waals surface area contributed by atoms with Gasteiger partial charge in [-0.2, -0.15) is 0 Å².